The molecule has 2 aromatic heterocycles. The molecule has 2 heterocycles. The van der Waals surface area contributed by atoms with Crippen molar-refractivity contribution in [2.45, 2.75) is 6.92 Å². The molecule has 0 bridgehead atoms. The number of halogens is 1. The number of carbonyl (C=O) groups excluding carboxylic acids is 1. The number of anilines is 1. The second-order valence-electron chi connectivity index (χ2n) is 5.58. The molecule has 3 aromatic rings. The zero-order valence-corrected chi connectivity index (χ0v) is 13.6. The van der Waals surface area contributed by atoms with Crippen LogP contribution < -0.4 is 11.5 Å². The Hall–Kier alpha value is -3.41. The standard InChI is InChI=1S/C19H17FN4O/c1-3-4-5-12(10(2)20)14-9-23-18(19(22)25)17-16(14)13-7-6-11(21)8-15(13)24-17/h3-9,24H,2,21H2,1H3,(H2,22,25)/b4-3-,12-5+. The molecule has 0 aliphatic carbocycles. The van der Waals surface area contributed by atoms with Gasteiger partial charge in [0, 0.05) is 39.3 Å². The Morgan fingerprint density at radius 2 is 2.16 bits per heavy atom. The molecule has 5 nitrogen and oxygen atoms in total. The number of nitrogens with two attached hydrogens (primary N) is 2. The number of pyridine rings is 1. The summed E-state index contributed by atoms with van der Waals surface area (Å²) in [7, 11) is 0. The molecular weight excluding hydrogens is 319 g/mol. The van der Waals surface area contributed by atoms with Crippen LogP contribution in [0.5, 0.6) is 0 Å². The molecule has 3 rings (SSSR count). The molecule has 6 heteroatoms. The Morgan fingerprint density at radius 1 is 1.40 bits per heavy atom. The predicted molar refractivity (Wildman–Crippen MR) is 99.6 cm³/mol. The van der Waals surface area contributed by atoms with Crippen molar-refractivity contribution in [1.29, 1.82) is 0 Å². The summed E-state index contributed by atoms with van der Waals surface area (Å²) < 4.78 is 14.1. The maximum atomic E-state index is 14.1. The van der Waals surface area contributed by atoms with Crippen molar-refractivity contribution in [2.75, 3.05) is 5.73 Å². The van der Waals surface area contributed by atoms with Crippen LogP contribution in [0, 0.1) is 0 Å². The largest absolute Gasteiger partial charge is 0.399 e. The second kappa shape index (κ2) is 6.24. The lowest BCUT2D eigenvalue weighted by atomic mass is 9.99. The molecule has 0 atom stereocenters. The first-order chi connectivity index (χ1) is 11.9. The fraction of sp³-hybridized carbons (Fsp3) is 0.0526. The van der Waals surface area contributed by atoms with Gasteiger partial charge in [0.05, 0.1) is 5.52 Å². The number of hydrogen-bond acceptors (Lipinski definition) is 3. The van der Waals surface area contributed by atoms with Gasteiger partial charge in [0.2, 0.25) is 0 Å². The molecule has 0 spiro atoms. The van der Waals surface area contributed by atoms with Crippen LogP contribution in [-0.4, -0.2) is 15.9 Å². The number of H-pyrrole nitrogens is 1. The summed E-state index contributed by atoms with van der Waals surface area (Å²) in [4.78, 5) is 19.0. The SMILES string of the molecule is C=C(F)/C(=C\C=C/C)c1cnc(C(N)=O)c2[nH]c3cc(N)ccc3c12. The van der Waals surface area contributed by atoms with Gasteiger partial charge in [-0.05, 0) is 19.1 Å². The second-order valence-corrected chi connectivity index (χ2v) is 5.58. The van der Waals surface area contributed by atoms with Gasteiger partial charge in [-0.2, -0.15) is 0 Å². The Labute approximate surface area is 143 Å². The van der Waals surface area contributed by atoms with E-state index in [9.17, 15) is 9.18 Å². The van der Waals surface area contributed by atoms with Crippen molar-refractivity contribution in [3.8, 4) is 0 Å². The molecule has 1 amide bonds. The maximum absolute atomic E-state index is 14.1. The van der Waals surface area contributed by atoms with Crippen LogP contribution in [0.25, 0.3) is 27.4 Å². The van der Waals surface area contributed by atoms with Gasteiger partial charge in [-0.1, -0.05) is 30.9 Å². The molecule has 126 valence electrons. The summed E-state index contributed by atoms with van der Waals surface area (Å²) >= 11 is 0. The number of hydrogen-bond donors (Lipinski definition) is 3. The van der Waals surface area contributed by atoms with Crippen LogP contribution in [0.3, 0.4) is 0 Å². The molecule has 0 saturated heterocycles. The van der Waals surface area contributed by atoms with Crippen molar-refractivity contribution in [3.05, 3.63) is 66.3 Å². The zero-order chi connectivity index (χ0) is 18.1. The van der Waals surface area contributed by atoms with E-state index in [4.69, 9.17) is 11.5 Å². The lowest BCUT2D eigenvalue weighted by Gasteiger charge is -2.08. The van der Waals surface area contributed by atoms with E-state index >= 15 is 0 Å². The Kier molecular flexibility index (Phi) is 4.10. The molecule has 0 aliphatic heterocycles. The van der Waals surface area contributed by atoms with Gasteiger partial charge in [-0.25, -0.2) is 9.37 Å². The van der Waals surface area contributed by atoms with E-state index in [0.29, 0.717) is 27.7 Å². The molecule has 25 heavy (non-hydrogen) atoms. The van der Waals surface area contributed by atoms with Crippen LogP contribution in [0.4, 0.5) is 10.1 Å². The van der Waals surface area contributed by atoms with Gasteiger partial charge in [-0.15, -0.1) is 0 Å². The van der Waals surface area contributed by atoms with Gasteiger partial charge in [-0.3, -0.25) is 4.79 Å². The first-order valence-electron chi connectivity index (χ1n) is 7.62. The van der Waals surface area contributed by atoms with E-state index in [-0.39, 0.29) is 11.3 Å². The third-order valence-corrected chi connectivity index (χ3v) is 3.92. The number of rotatable bonds is 4. The lowest BCUT2D eigenvalue weighted by Crippen LogP contribution is -2.14. The fourth-order valence-corrected chi connectivity index (χ4v) is 2.84. The first-order valence-corrected chi connectivity index (χ1v) is 7.62. The highest BCUT2D eigenvalue weighted by Gasteiger charge is 2.19. The van der Waals surface area contributed by atoms with E-state index in [0.717, 1.165) is 5.39 Å². The van der Waals surface area contributed by atoms with Crippen molar-refractivity contribution in [2.24, 2.45) is 5.73 Å². The smallest absolute Gasteiger partial charge is 0.269 e. The van der Waals surface area contributed by atoms with Gasteiger partial charge >= 0.3 is 0 Å². The number of aromatic nitrogens is 2. The van der Waals surface area contributed by atoms with Crippen LogP contribution in [-0.2, 0) is 0 Å². The predicted octanol–water partition coefficient (Wildman–Crippen LogP) is 3.84. The van der Waals surface area contributed by atoms with Crippen molar-refractivity contribution in [1.82, 2.24) is 9.97 Å². The molecule has 0 saturated carbocycles. The highest BCUT2D eigenvalue weighted by molar-refractivity contribution is 6.18. The lowest BCUT2D eigenvalue weighted by molar-refractivity contribution is 0.0997. The average molecular weight is 336 g/mol. The quantitative estimate of drug-likeness (QED) is 0.499. The average Bonchev–Trinajstić information content (AvgIpc) is 2.92. The van der Waals surface area contributed by atoms with E-state index in [1.807, 2.05) is 13.0 Å². The number of fused-ring (bicyclic) bond motifs is 3. The summed E-state index contributed by atoms with van der Waals surface area (Å²) in [5.74, 6) is -1.27. The number of nitrogens with zero attached hydrogens (tertiary/aromatic N) is 1. The van der Waals surface area contributed by atoms with Crippen LogP contribution >= 0.6 is 0 Å². The molecule has 5 N–H and O–H groups in total. The van der Waals surface area contributed by atoms with Gasteiger partial charge in [0.1, 0.15) is 5.83 Å². The number of aromatic amines is 1. The Morgan fingerprint density at radius 3 is 2.80 bits per heavy atom. The molecule has 0 radical (unpaired) electrons. The normalized spacial score (nSPS) is 12.3. The van der Waals surface area contributed by atoms with E-state index in [2.05, 4.69) is 16.5 Å². The number of nitrogen functional groups attached to an aromatic ring is 1. The molecule has 0 aliphatic rings. The maximum Gasteiger partial charge on any atom is 0.269 e. The topological polar surface area (TPSA) is 97.8 Å². The monoisotopic (exact) mass is 336 g/mol. The number of carbonyl (C=O) groups is 1. The number of primary amides is 1. The van der Waals surface area contributed by atoms with E-state index < -0.39 is 11.7 Å². The minimum absolute atomic E-state index is 0.0865. The minimum atomic E-state index is -0.672. The van der Waals surface area contributed by atoms with Gasteiger partial charge in [0.25, 0.3) is 5.91 Å². The number of nitrogens with one attached hydrogen (secondary N) is 1. The third kappa shape index (κ3) is 2.78. The molecule has 0 unspecified atom stereocenters. The molecular formula is C19H17FN4O. The van der Waals surface area contributed by atoms with Crippen molar-refractivity contribution < 1.29 is 9.18 Å². The summed E-state index contributed by atoms with van der Waals surface area (Å²) in [6.45, 7) is 5.24. The van der Waals surface area contributed by atoms with Crippen molar-refractivity contribution >= 4 is 39.0 Å². The minimum Gasteiger partial charge on any atom is -0.399 e. The highest BCUT2D eigenvalue weighted by Crippen LogP contribution is 2.36. The number of amides is 1. The Bertz CT molecular complexity index is 1080. The zero-order valence-electron chi connectivity index (χ0n) is 13.6. The van der Waals surface area contributed by atoms with Gasteiger partial charge < -0.3 is 16.5 Å². The summed E-state index contributed by atoms with van der Waals surface area (Å²) in [5, 5.41) is 1.44. The summed E-state index contributed by atoms with van der Waals surface area (Å²) in [5.41, 5.74) is 13.9. The van der Waals surface area contributed by atoms with Crippen LogP contribution in [0.1, 0.15) is 23.0 Å². The van der Waals surface area contributed by atoms with Crippen LogP contribution in [0.2, 0.25) is 0 Å². The molecule has 1 aromatic carbocycles. The van der Waals surface area contributed by atoms with E-state index in [1.54, 1.807) is 30.4 Å². The van der Waals surface area contributed by atoms with Gasteiger partial charge in [0.15, 0.2) is 5.69 Å². The van der Waals surface area contributed by atoms with Crippen LogP contribution in [0.15, 0.2) is 55.0 Å². The third-order valence-electron chi connectivity index (χ3n) is 3.92. The number of allylic oxidation sites excluding steroid dienone is 5. The Balaban J connectivity index is 2.48. The highest BCUT2D eigenvalue weighted by atomic mass is 19.1. The number of benzene rings is 1. The van der Waals surface area contributed by atoms with Crippen molar-refractivity contribution in [3.63, 3.8) is 0 Å². The summed E-state index contributed by atoms with van der Waals surface area (Å²) in [6.07, 6.45) is 6.53. The molecule has 0 fully saturated rings. The van der Waals surface area contributed by atoms with E-state index in [1.165, 1.54) is 6.20 Å². The first kappa shape index (κ1) is 16.4. The summed E-state index contributed by atoms with van der Waals surface area (Å²) in [6, 6.07) is 5.29. The fourth-order valence-electron chi connectivity index (χ4n) is 2.84.